The first-order valence-electron chi connectivity index (χ1n) is 20.7. The lowest BCUT2D eigenvalue weighted by molar-refractivity contribution is -0.161. The summed E-state index contributed by atoms with van der Waals surface area (Å²) in [4.78, 5) is 45.8. The fourth-order valence-corrected chi connectivity index (χ4v) is 6.13. The highest BCUT2D eigenvalue weighted by molar-refractivity contribution is 7.47. The number of rotatable bonds is 38. The molecule has 3 atom stereocenters. The molecule has 11 nitrogen and oxygen atoms in total. The highest BCUT2D eigenvalue weighted by Gasteiger charge is 2.28. The standard InChI is InChI=1S/C42H74NO10P/c1-3-5-7-9-11-13-15-16-17-18-19-20-21-22-24-26-28-30-32-34-41(45)53-38(36-51-54(48,49)52-37-39(43)42(46)47)35-50-40(44)33-31-29-27-25-23-14-12-10-8-6-4-2/h5,7,11,13,16-17,19-20,38-39H,3-4,6,8-10,12,14-15,18,21-37,43H2,1-2H3,(H,46,47)(H,48,49)/b7-5-,13-11-,17-16-,20-19-. The molecule has 0 heterocycles. The number of carbonyl (C=O) groups is 3. The van der Waals surface area contributed by atoms with Crippen molar-refractivity contribution in [2.75, 3.05) is 19.8 Å². The molecule has 0 spiro atoms. The van der Waals surface area contributed by atoms with Gasteiger partial charge in [-0.1, -0.05) is 152 Å². The highest BCUT2D eigenvalue weighted by atomic mass is 31.2. The second-order valence-corrected chi connectivity index (χ2v) is 15.2. The van der Waals surface area contributed by atoms with Gasteiger partial charge in [0.1, 0.15) is 12.6 Å². The van der Waals surface area contributed by atoms with Gasteiger partial charge < -0.3 is 25.2 Å². The molecular weight excluding hydrogens is 709 g/mol. The van der Waals surface area contributed by atoms with Crippen LogP contribution in [0.5, 0.6) is 0 Å². The third kappa shape index (κ3) is 36.4. The molecule has 4 N–H and O–H groups in total. The topological polar surface area (TPSA) is 172 Å². The van der Waals surface area contributed by atoms with E-state index >= 15 is 0 Å². The summed E-state index contributed by atoms with van der Waals surface area (Å²) in [5.74, 6) is -2.40. The molecule has 54 heavy (non-hydrogen) atoms. The van der Waals surface area contributed by atoms with Crippen molar-refractivity contribution in [2.45, 2.75) is 180 Å². The predicted molar refractivity (Wildman–Crippen MR) is 217 cm³/mol. The van der Waals surface area contributed by atoms with E-state index < -0.39 is 51.1 Å². The second kappa shape index (κ2) is 37.4. The van der Waals surface area contributed by atoms with Crippen molar-refractivity contribution < 1.29 is 47.5 Å². The number of phosphoric acid groups is 1. The third-order valence-electron chi connectivity index (χ3n) is 8.59. The number of carboxylic acid groups (broad SMARTS) is 1. The zero-order valence-electron chi connectivity index (χ0n) is 33.6. The summed E-state index contributed by atoms with van der Waals surface area (Å²) in [7, 11) is -4.72. The van der Waals surface area contributed by atoms with E-state index in [1.807, 2.05) is 0 Å². The van der Waals surface area contributed by atoms with Crippen molar-refractivity contribution in [3.05, 3.63) is 48.6 Å². The van der Waals surface area contributed by atoms with E-state index in [1.165, 1.54) is 44.9 Å². The van der Waals surface area contributed by atoms with Crippen molar-refractivity contribution in [1.29, 1.82) is 0 Å². The smallest absolute Gasteiger partial charge is 0.472 e. The van der Waals surface area contributed by atoms with Crippen LogP contribution in [0, 0.1) is 0 Å². The largest absolute Gasteiger partial charge is 0.480 e. The lowest BCUT2D eigenvalue weighted by Crippen LogP contribution is -2.34. The number of carbonyl (C=O) groups excluding carboxylic acids is 2. The van der Waals surface area contributed by atoms with Gasteiger partial charge in [-0.05, 0) is 51.4 Å². The molecule has 0 aliphatic heterocycles. The van der Waals surface area contributed by atoms with Gasteiger partial charge in [0.15, 0.2) is 6.10 Å². The Morgan fingerprint density at radius 1 is 0.593 bits per heavy atom. The average molecular weight is 784 g/mol. The number of hydrogen-bond donors (Lipinski definition) is 3. The first kappa shape index (κ1) is 51.4. The van der Waals surface area contributed by atoms with Crippen LogP contribution in [0.3, 0.4) is 0 Å². The molecule has 0 aromatic heterocycles. The maximum Gasteiger partial charge on any atom is 0.472 e. The van der Waals surface area contributed by atoms with Gasteiger partial charge >= 0.3 is 25.7 Å². The molecule has 3 unspecified atom stereocenters. The molecule has 0 aliphatic carbocycles. The summed E-state index contributed by atoms with van der Waals surface area (Å²) < 4.78 is 32.6. The molecule has 0 aromatic rings. The number of aliphatic carboxylic acids is 1. The van der Waals surface area contributed by atoms with E-state index in [-0.39, 0.29) is 19.4 Å². The summed E-state index contributed by atoms with van der Waals surface area (Å²) in [6.45, 7) is 2.65. The Morgan fingerprint density at radius 2 is 1.04 bits per heavy atom. The van der Waals surface area contributed by atoms with Crippen LogP contribution in [0.25, 0.3) is 0 Å². The quantitative estimate of drug-likeness (QED) is 0.0235. The van der Waals surface area contributed by atoms with Crippen LogP contribution < -0.4 is 5.73 Å². The maximum atomic E-state index is 12.6. The van der Waals surface area contributed by atoms with E-state index in [4.69, 9.17) is 24.8 Å². The number of phosphoric ester groups is 1. The van der Waals surface area contributed by atoms with E-state index in [0.717, 1.165) is 83.5 Å². The second-order valence-electron chi connectivity index (χ2n) is 13.7. The summed E-state index contributed by atoms with van der Waals surface area (Å²) in [6, 6.07) is -1.52. The third-order valence-corrected chi connectivity index (χ3v) is 9.54. The van der Waals surface area contributed by atoms with Crippen molar-refractivity contribution in [3.63, 3.8) is 0 Å². The minimum Gasteiger partial charge on any atom is -0.480 e. The van der Waals surface area contributed by atoms with Crippen LogP contribution in [0.15, 0.2) is 48.6 Å². The van der Waals surface area contributed by atoms with E-state index in [0.29, 0.717) is 12.8 Å². The van der Waals surface area contributed by atoms with Gasteiger partial charge in [0.2, 0.25) is 0 Å². The van der Waals surface area contributed by atoms with Gasteiger partial charge in [-0.2, -0.15) is 0 Å². The first-order valence-corrected chi connectivity index (χ1v) is 22.2. The fourth-order valence-electron chi connectivity index (χ4n) is 5.35. The van der Waals surface area contributed by atoms with Gasteiger partial charge in [0, 0.05) is 12.8 Å². The van der Waals surface area contributed by atoms with Gasteiger partial charge in [-0.15, -0.1) is 0 Å². The summed E-state index contributed by atoms with van der Waals surface area (Å²) in [6.07, 6.45) is 40.3. The van der Waals surface area contributed by atoms with Gasteiger partial charge in [0.25, 0.3) is 0 Å². The predicted octanol–water partition coefficient (Wildman–Crippen LogP) is 10.6. The summed E-state index contributed by atoms with van der Waals surface area (Å²) in [5.41, 5.74) is 5.32. The Balaban J connectivity index is 4.40. The van der Waals surface area contributed by atoms with E-state index in [1.54, 1.807) is 0 Å². The Morgan fingerprint density at radius 3 is 1.56 bits per heavy atom. The fraction of sp³-hybridized carbons (Fsp3) is 0.738. The molecule has 0 saturated heterocycles. The molecule has 0 amide bonds. The zero-order chi connectivity index (χ0) is 40.0. The minimum absolute atomic E-state index is 0.145. The Kier molecular flexibility index (Phi) is 35.6. The number of hydrogen-bond acceptors (Lipinski definition) is 9. The van der Waals surface area contributed by atoms with E-state index in [9.17, 15) is 23.8 Å². The van der Waals surface area contributed by atoms with Crippen LogP contribution in [0.1, 0.15) is 168 Å². The molecule has 0 aliphatic rings. The van der Waals surface area contributed by atoms with Gasteiger partial charge in [-0.25, -0.2) is 4.57 Å². The highest BCUT2D eigenvalue weighted by Crippen LogP contribution is 2.43. The molecule has 0 fully saturated rings. The summed E-state index contributed by atoms with van der Waals surface area (Å²) >= 11 is 0. The normalized spacial score (nSPS) is 14.3. The number of ether oxygens (including phenoxy) is 2. The lowest BCUT2D eigenvalue weighted by atomic mass is 10.1. The molecule has 0 radical (unpaired) electrons. The molecule has 12 heteroatoms. The van der Waals surface area contributed by atoms with Crippen LogP contribution in [0.4, 0.5) is 0 Å². The van der Waals surface area contributed by atoms with Crippen LogP contribution >= 0.6 is 7.82 Å². The summed E-state index contributed by atoms with van der Waals surface area (Å²) in [5, 5.41) is 8.87. The first-order chi connectivity index (χ1) is 26.1. The van der Waals surface area contributed by atoms with Crippen LogP contribution in [0.2, 0.25) is 0 Å². The van der Waals surface area contributed by atoms with Gasteiger partial charge in [0.05, 0.1) is 13.2 Å². The number of esters is 2. The van der Waals surface area contributed by atoms with Crippen LogP contribution in [-0.4, -0.2) is 59.9 Å². The molecule has 0 bridgehead atoms. The van der Waals surface area contributed by atoms with Crippen molar-refractivity contribution in [2.24, 2.45) is 5.73 Å². The molecule has 0 aromatic carbocycles. The van der Waals surface area contributed by atoms with E-state index in [2.05, 4.69) is 67.0 Å². The molecular formula is C42H74NO10P. The Labute approximate surface area is 326 Å². The lowest BCUT2D eigenvalue weighted by Gasteiger charge is -2.20. The Bertz CT molecular complexity index is 1110. The van der Waals surface area contributed by atoms with Crippen molar-refractivity contribution in [1.82, 2.24) is 0 Å². The average Bonchev–Trinajstić information content (AvgIpc) is 3.14. The SMILES string of the molecule is CC/C=C\C/C=C\C/C=C\C/C=C\CCCCCCCCC(=O)OC(COC(=O)CCCCCCCCCCCCC)COP(=O)(O)OCC(N)C(=O)O. The number of carboxylic acids is 1. The number of allylic oxidation sites excluding steroid dienone is 8. The van der Waals surface area contributed by atoms with Crippen molar-refractivity contribution in [3.8, 4) is 0 Å². The molecule has 0 rings (SSSR count). The maximum absolute atomic E-state index is 12.6. The van der Waals surface area contributed by atoms with Gasteiger partial charge in [-0.3, -0.25) is 23.4 Å². The molecule has 312 valence electrons. The van der Waals surface area contributed by atoms with Crippen molar-refractivity contribution >= 4 is 25.7 Å². The molecule has 0 saturated carbocycles. The Hall–Kier alpha value is -2.56. The minimum atomic E-state index is -4.72. The zero-order valence-corrected chi connectivity index (χ0v) is 34.4. The monoisotopic (exact) mass is 784 g/mol. The number of nitrogens with two attached hydrogens (primary N) is 1. The number of unbranched alkanes of at least 4 members (excludes halogenated alkanes) is 16. The van der Waals surface area contributed by atoms with Crippen LogP contribution in [-0.2, 0) is 37.5 Å².